The molecule has 3 aromatic carbocycles. The molecule has 0 amide bonds. The summed E-state index contributed by atoms with van der Waals surface area (Å²) in [7, 11) is 1.72. The molecule has 0 radical (unpaired) electrons. The van der Waals surface area contributed by atoms with Gasteiger partial charge >= 0.3 is 0 Å². The van der Waals surface area contributed by atoms with Gasteiger partial charge in [-0.25, -0.2) is 0 Å². The quantitative estimate of drug-likeness (QED) is 0.595. The molecule has 0 heterocycles. The molecule has 0 spiro atoms. The molecule has 0 bridgehead atoms. The smallest absolute Gasteiger partial charge is 0.122 e. The van der Waals surface area contributed by atoms with Gasteiger partial charge in [-0.1, -0.05) is 72.8 Å². The Morgan fingerprint density at radius 3 is 2.12 bits per heavy atom. The number of methoxy groups -OCH3 is 1. The fourth-order valence-corrected chi connectivity index (χ4v) is 2.81. The molecule has 0 aliphatic rings. The van der Waals surface area contributed by atoms with E-state index >= 15 is 0 Å². The first-order chi connectivity index (χ1) is 11.9. The Balaban J connectivity index is 0.00000225. The SMILES string of the molecule is COc1ccccc1CCNCc1ccc(-c2ccccc2)cc1.Cl. The summed E-state index contributed by atoms with van der Waals surface area (Å²) in [6.45, 7) is 1.81. The van der Waals surface area contributed by atoms with Crippen LogP contribution in [0.3, 0.4) is 0 Å². The molecule has 2 nitrogen and oxygen atoms in total. The van der Waals surface area contributed by atoms with Crippen molar-refractivity contribution in [1.82, 2.24) is 5.32 Å². The van der Waals surface area contributed by atoms with Gasteiger partial charge in [-0.15, -0.1) is 12.4 Å². The van der Waals surface area contributed by atoms with Gasteiger partial charge in [-0.3, -0.25) is 0 Å². The molecule has 25 heavy (non-hydrogen) atoms. The van der Waals surface area contributed by atoms with Crippen LogP contribution in [0.1, 0.15) is 11.1 Å². The molecule has 3 aromatic rings. The molecule has 1 N–H and O–H groups in total. The molecule has 0 saturated carbocycles. The molecule has 0 unspecified atom stereocenters. The second kappa shape index (κ2) is 9.87. The third-order valence-corrected chi connectivity index (χ3v) is 4.15. The second-order valence-corrected chi connectivity index (χ2v) is 5.80. The molecule has 0 aromatic heterocycles. The predicted octanol–water partition coefficient (Wildman–Crippen LogP) is 5.12. The van der Waals surface area contributed by atoms with Crippen LogP contribution in [0.5, 0.6) is 5.75 Å². The van der Waals surface area contributed by atoms with E-state index in [2.05, 4.69) is 66.0 Å². The van der Waals surface area contributed by atoms with E-state index in [1.807, 2.05) is 18.2 Å². The normalized spacial score (nSPS) is 10.1. The maximum absolute atomic E-state index is 5.39. The van der Waals surface area contributed by atoms with Crippen LogP contribution in [0, 0.1) is 0 Å². The first-order valence-electron chi connectivity index (χ1n) is 8.34. The number of halogens is 1. The Bertz CT molecular complexity index is 756. The number of hydrogen-bond acceptors (Lipinski definition) is 2. The Labute approximate surface area is 156 Å². The number of ether oxygens (including phenoxy) is 1. The standard InChI is InChI=1S/C22H23NO.ClH/c1-24-22-10-6-5-9-21(22)15-16-23-17-18-11-13-20(14-12-18)19-7-3-2-4-8-19;/h2-14,23H,15-17H2,1H3;1H. The number of benzene rings is 3. The Hall–Kier alpha value is -2.29. The molecule has 0 aliphatic heterocycles. The third kappa shape index (κ3) is 5.35. The maximum Gasteiger partial charge on any atom is 0.122 e. The van der Waals surface area contributed by atoms with Crippen molar-refractivity contribution in [2.24, 2.45) is 0 Å². The molecule has 0 aliphatic carbocycles. The van der Waals surface area contributed by atoms with Crippen LogP contribution in [0.4, 0.5) is 0 Å². The van der Waals surface area contributed by atoms with Crippen molar-refractivity contribution in [2.75, 3.05) is 13.7 Å². The maximum atomic E-state index is 5.39. The van der Waals surface area contributed by atoms with E-state index < -0.39 is 0 Å². The van der Waals surface area contributed by atoms with Gasteiger partial charge in [0.1, 0.15) is 5.75 Å². The van der Waals surface area contributed by atoms with Gasteiger partial charge in [0, 0.05) is 6.54 Å². The summed E-state index contributed by atoms with van der Waals surface area (Å²) in [5.41, 5.74) is 5.06. The lowest BCUT2D eigenvalue weighted by molar-refractivity contribution is 0.409. The summed E-state index contributed by atoms with van der Waals surface area (Å²) in [6.07, 6.45) is 0.964. The average molecular weight is 354 g/mol. The average Bonchev–Trinajstić information content (AvgIpc) is 2.67. The van der Waals surface area contributed by atoms with Crippen LogP contribution in [-0.2, 0) is 13.0 Å². The van der Waals surface area contributed by atoms with Gasteiger partial charge in [0.15, 0.2) is 0 Å². The highest BCUT2D eigenvalue weighted by Crippen LogP contribution is 2.19. The second-order valence-electron chi connectivity index (χ2n) is 5.80. The first kappa shape index (κ1) is 19.0. The summed E-state index contributed by atoms with van der Waals surface area (Å²) < 4.78 is 5.39. The van der Waals surface area contributed by atoms with E-state index in [4.69, 9.17) is 4.74 Å². The number of rotatable bonds is 7. The molecule has 130 valence electrons. The summed E-state index contributed by atoms with van der Waals surface area (Å²) in [4.78, 5) is 0. The fraction of sp³-hybridized carbons (Fsp3) is 0.182. The monoisotopic (exact) mass is 353 g/mol. The van der Waals surface area contributed by atoms with Crippen LogP contribution in [0.25, 0.3) is 11.1 Å². The molecule has 3 heteroatoms. The molecule has 3 rings (SSSR count). The highest BCUT2D eigenvalue weighted by Gasteiger charge is 2.01. The largest absolute Gasteiger partial charge is 0.496 e. The van der Waals surface area contributed by atoms with Crippen molar-refractivity contribution in [1.29, 1.82) is 0 Å². The van der Waals surface area contributed by atoms with E-state index in [0.717, 1.165) is 25.3 Å². The predicted molar refractivity (Wildman–Crippen MR) is 108 cm³/mol. The van der Waals surface area contributed by atoms with Gasteiger partial charge in [0.05, 0.1) is 7.11 Å². The van der Waals surface area contributed by atoms with E-state index in [-0.39, 0.29) is 12.4 Å². The minimum Gasteiger partial charge on any atom is -0.496 e. The highest BCUT2D eigenvalue weighted by molar-refractivity contribution is 5.85. The van der Waals surface area contributed by atoms with Crippen molar-refractivity contribution < 1.29 is 4.74 Å². The number of hydrogen-bond donors (Lipinski definition) is 1. The fourth-order valence-electron chi connectivity index (χ4n) is 2.81. The molecular formula is C22H24ClNO. The summed E-state index contributed by atoms with van der Waals surface area (Å²) in [5, 5.41) is 3.51. The van der Waals surface area contributed by atoms with E-state index in [9.17, 15) is 0 Å². The third-order valence-electron chi connectivity index (χ3n) is 4.15. The first-order valence-corrected chi connectivity index (χ1v) is 8.34. The summed E-state index contributed by atoms with van der Waals surface area (Å²) in [5.74, 6) is 0.964. The summed E-state index contributed by atoms with van der Waals surface area (Å²) >= 11 is 0. The lowest BCUT2D eigenvalue weighted by Gasteiger charge is -2.09. The van der Waals surface area contributed by atoms with E-state index in [0.29, 0.717) is 0 Å². The van der Waals surface area contributed by atoms with Crippen molar-refractivity contribution in [3.8, 4) is 16.9 Å². The van der Waals surface area contributed by atoms with Crippen molar-refractivity contribution >= 4 is 12.4 Å². The zero-order chi connectivity index (χ0) is 16.6. The highest BCUT2D eigenvalue weighted by atomic mass is 35.5. The minimum absolute atomic E-state index is 0. The van der Waals surface area contributed by atoms with E-state index in [1.54, 1.807) is 7.11 Å². The van der Waals surface area contributed by atoms with Crippen molar-refractivity contribution in [3.63, 3.8) is 0 Å². The Morgan fingerprint density at radius 2 is 1.40 bits per heavy atom. The molecular weight excluding hydrogens is 330 g/mol. The topological polar surface area (TPSA) is 21.3 Å². The molecule has 0 atom stereocenters. The Morgan fingerprint density at radius 1 is 0.760 bits per heavy atom. The van der Waals surface area contributed by atoms with Gasteiger partial charge in [0.2, 0.25) is 0 Å². The van der Waals surface area contributed by atoms with Gasteiger partial charge in [-0.2, -0.15) is 0 Å². The van der Waals surface area contributed by atoms with Crippen LogP contribution in [0.15, 0.2) is 78.9 Å². The lowest BCUT2D eigenvalue weighted by atomic mass is 10.0. The number of para-hydroxylation sites is 1. The van der Waals surface area contributed by atoms with Crippen molar-refractivity contribution in [3.05, 3.63) is 90.0 Å². The number of nitrogens with one attached hydrogen (secondary N) is 1. The zero-order valence-corrected chi connectivity index (χ0v) is 15.3. The Kier molecular flexibility index (Phi) is 7.52. The minimum atomic E-state index is 0. The molecule has 0 saturated heterocycles. The van der Waals surface area contributed by atoms with Crippen LogP contribution in [0.2, 0.25) is 0 Å². The lowest BCUT2D eigenvalue weighted by Crippen LogP contribution is -2.16. The van der Waals surface area contributed by atoms with Gasteiger partial charge in [-0.05, 0) is 41.3 Å². The van der Waals surface area contributed by atoms with Crippen molar-refractivity contribution in [2.45, 2.75) is 13.0 Å². The van der Waals surface area contributed by atoms with Gasteiger partial charge < -0.3 is 10.1 Å². The van der Waals surface area contributed by atoms with Crippen LogP contribution in [-0.4, -0.2) is 13.7 Å². The van der Waals surface area contributed by atoms with E-state index in [1.165, 1.54) is 22.3 Å². The van der Waals surface area contributed by atoms with Crippen LogP contribution >= 0.6 is 12.4 Å². The van der Waals surface area contributed by atoms with Crippen LogP contribution < -0.4 is 10.1 Å². The van der Waals surface area contributed by atoms with Gasteiger partial charge in [0.25, 0.3) is 0 Å². The summed E-state index contributed by atoms with van der Waals surface area (Å²) in [6, 6.07) is 27.4. The molecule has 0 fully saturated rings. The zero-order valence-electron chi connectivity index (χ0n) is 14.4.